The van der Waals surface area contributed by atoms with Gasteiger partial charge in [0.15, 0.2) is 0 Å². The van der Waals surface area contributed by atoms with Crippen LogP contribution < -0.4 is 0 Å². The summed E-state index contributed by atoms with van der Waals surface area (Å²) in [7, 11) is 0. The molecule has 0 N–H and O–H groups in total. The monoisotopic (exact) mass is 761 g/mol. The van der Waals surface area contributed by atoms with Gasteiger partial charge in [-0.1, -0.05) is 297 Å². The molecule has 0 aromatic heterocycles. The average molecular weight is 761 g/mol. The standard InChI is InChI=1S/C52H104O2/c1-4-5-6-7-8-9-10-11-12-13-14-15-16-17-18-19-20-21-22-23-24-25-26-27-28-31-34-37-40-43-46-49-52(53)54-50-47-44-41-38-35-32-29-30-33-36-39-42-45-48-51(2)3/h51H,4-50H2,1-3H3. The predicted molar refractivity (Wildman–Crippen MR) is 244 cm³/mol. The van der Waals surface area contributed by atoms with Crippen LogP contribution in [-0.4, -0.2) is 12.6 Å². The molecule has 0 radical (unpaired) electrons. The Morgan fingerprint density at radius 3 is 0.796 bits per heavy atom. The Labute approximate surface area is 343 Å². The first kappa shape index (κ1) is 53.5. The number of ether oxygens (including phenoxy) is 1. The molecule has 0 heterocycles. The molecule has 0 fully saturated rings. The number of hydrogen-bond donors (Lipinski definition) is 0. The van der Waals surface area contributed by atoms with Crippen LogP contribution in [0.1, 0.15) is 316 Å². The van der Waals surface area contributed by atoms with Gasteiger partial charge in [-0.05, 0) is 18.8 Å². The largest absolute Gasteiger partial charge is 0.466 e. The SMILES string of the molecule is CCCCCCCCCCCCCCCCCCCCCCCCCCCCCCCCCC(=O)OCCCCCCCCCCCCCCCC(C)C. The number of hydrogen-bond acceptors (Lipinski definition) is 2. The molecular weight excluding hydrogens is 657 g/mol. The molecule has 0 rings (SSSR count). The Hall–Kier alpha value is -0.530. The molecule has 0 aromatic rings. The predicted octanol–water partition coefficient (Wildman–Crippen LogP) is 19.2. The maximum Gasteiger partial charge on any atom is 0.305 e. The third-order valence-corrected chi connectivity index (χ3v) is 12.2. The highest BCUT2D eigenvalue weighted by Crippen LogP contribution is 2.18. The molecular formula is C52H104O2. The molecule has 0 spiro atoms. The maximum absolute atomic E-state index is 12.0. The number of carbonyl (C=O) groups is 1. The summed E-state index contributed by atoms with van der Waals surface area (Å²) >= 11 is 0. The molecule has 0 unspecified atom stereocenters. The van der Waals surface area contributed by atoms with Crippen LogP contribution in [0.25, 0.3) is 0 Å². The van der Waals surface area contributed by atoms with Crippen molar-refractivity contribution in [1.29, 1.82) is 0 Å². The van der Waals surface area contributed by atoms with Gasteiger partial charge in [0.1, 0.15) is 0 Å². The van der Waals surface area contributed by atoms with Gasteiger partial charge in [0.25, 0.3) is 0 Å². The zero-order valence-corrected chi connectivity index (χ0v) is 38.1. The molecule has 54 heavy (non-hydrogen) atoms. The van der Waals surface area contributed by atoms with Crippen molar-refractivity contribution in [3.05, 3.63) is 0 Å². The van der Waals surface area contributed by atoms with E-state index >= 15 is 0 Å². The molecule has 324 valence electrons. The third-order valence-electron chi connectivity index (χ3n) is 12.2. The summed E-state index contributed by atoms with van der Waals surface area (Å²) in [5, 5.41) is 0. The van der Waals surface area contributed by atoms with Crippen molar-refractivity contribution in [2.24, 2.45) is 5.92 Å². The Kier molecular flexibility index (Phi) is 48.1. The third kappa shape index (κ3) is 49.5. The number of carbonyl (C=O) groups excluding carboxylic acids is 1. The normalized spacial score (nSPS) is 11.6. The lowest BCUT2D eigenvalue weighted by molar-refractivity contribution is -0.143. The Bertz CT molecular complexity index is 671. The molecule has 0 aliphatic rings. The second-order valence-electron chi connectivity index (χ2n) is 18.4. The van der Waals surface area contributed by atoms with Gasteiger partial charge in [-0.25, -0.2) is 0 Å². The summed E-state index contributed by atoms with van der Waals surface area (Å²) in [6, 6.07) is 0. The zero-order chi connectivity index (χ0) is 39.1. The van der Waals surface area contributed by atoms with Crippen LogP contribution in [-0.2, 0) is 9.53 Å². The molecule has 2 nitrogen and oxygen atoms in total. The van der Waals surface area contributed by atoms with Crippen LogP contribution in [0.2, 0.25) is 0 Å². The van der Waals surface area contributed by atoms with Crippen LogP contribution >= 0.6 is 0 Å². The van der Waals surface area contributed by atoms with Crippen molar-refractivity contribution in [1.82, 2.24) is 0 Å². The summed E-state index contributed by atoms with van der Waals surface area (Å²) in [5.41, 5.74) is 0. The van der Waals surface area contributed by atoms with E-state index in [9.17, 15) is 4.79 Å². The van der Waals surface area contributed by atoms with Gasteiger partial charge in [0.2, 0.25) is 0 Å². The highest BCUT2D eigenvalue weighted by atomic mass is 16.5. The summed E-state index contributed by atoms with van der Waals surface area (Å²) < 4.78 is 5.49. The maximum atomic E-state index is 12.0. The second kappa shape index (κ2) is 48.6. The first-order valence-electron chi connectivity index (χ1n) is 25.8. The van der Waals surface area contributed by atoms with E-state index in [4.69, 9.17) is 4.74 Å². The van der Waals surface area contributed by atoms with Crippen molar-refractivity contribution in [2.75, 3.05) is 6.61 Å². The minimum atomic E-state index is 0.0327. The quantitative estimate of drug-likeness (QED) is 0.0456. The number of esters is 1. The van der Waals surface area contributed by atoms with Crippen LogP contribution in [0.4, 0.5) is 0 Å². The molecule has 0 saturated heterocycles. The van der Waals surface area contributed by atoms with E-state index in [1.54, 1.807) is 0 Å². The molecule has 0 atom stereocenters. The molecule has 0 aromatic carbocycles. The lowest BCUT2D eigenvalue weighted by Crippen LogP contribution is -2.05. The summed E-state index contributed by atoms with van der Waals surface area (Å²) in [6.07, 6.45) is 64.0. The van der Waals surface area contributed by atoms with E-state index in [1.165, 1.54) is 276 Å². The molecule has 2 heteroatoms. The van der Waals surface area contributed by atoms with Gasteiger partial charge in [-0.2, -0.15) is 0 Å². The lowest BCUT2D eigenvalue weighted by Gasteiger charge is -2.06. The van der Waals surface area contributed by atoms with Crippen molar-refractivity contribution in [2.45, 2.75) is 316 Å². The second-order valence-corrected chi connectivity index (χ2v) is 18.4. The molecule has 0 amide bonds. The fraction of sp³-hybridized carbons (Fsp3) is 0.981. The highest BCUT2D eigenvalue weighted by Gasteiger charge is 2.03. The van der Waals surface area contributed by atoms with Gasteiger partial charge in [-0.3, -0.25) is 4.79 Å². The van der Waals surface area contributed by atoms with Crippen LogP contribution in [0.3, 0.4) is 0 Å². The smallest absolute Gasteiger partial charge is 0.305 e. The van der Waals surface area contributed by atoms with E-state index in [-0.39, 0.29) is 5.97 Å². The van der Waals surface area contributed by atoms with E-state index in [0.29, 0.717) is 13.0 Å². The van der Waals surface area contributed by atoms with E-state index in [1.807, 2.05) is 0 Å². The van der Waals surface area contributed by atoms with Crippen LogP contribution in [0, 0.1) is 5.92 Å². The Morgan fingerprint density at radius 1 is 0.315 bits per heavy atom. The van der Waals surface area contributed by atoms with Crippen molar-refractivity contribution >= 4 is 5.97 Å². The highest BCUT2D eigenvalue weighted by molar-refractivity contribution is 5.69. The number of rotatable bonds is 48. The minimum absolute atomic E-state index is 0.0327. The zero-order valence-electron chi connectivity index (χ0n) is 38.1. The topological polar surface area (TPSA) is 26.3 Å². The minimum Gasteiger partial charge on any atom is -0.466 e. The first-order valence-corrected chi connectivity index (χ1v) is 25.8. The van der Waals surface area contributed by atoms with Crippen molar-refractivity contribution < 1.29 is 9.53 Å². The molecule has 0 saturated carbocycles. The van der Waals surface area contributed by atoms with Crippen molar-refractivity contribution in [3.8, 4) is 0 Å². The Morgan fingerprint density at radius 2 is 0.537 bits per heavy atom. The Balaban J connectivity index is 3.14. The molecule has 0 aliphatic carbocycles. The summed E-state index contributed by atoms with van der Waals surface area (Å²) in [4.78, 5) is 12.0. The van der Waals surface area contributed by atoms with E-state index in [2.05, 4.69) is 20.8 Å². The van der Waals surface area contributed by atoms with Crippen LogP contribution in [0.5, 0.6) is 0 Å². The van der Waals surface area contributed by atoms with Gasteiger partial charge in [0.05, 0.1) is 6.61 Å². The summed E-state index contributed by atoms with van der Waals surface area (Å²) in [6.45, 7) is 7.61. The first-order chi connectivity index (χ1) is 26.7. The van der Waals surface area contributed by atoms with Gasteiger partial charge in [-0.15, -0.1) is 0 Å². The fourth-order valence-electron chi connectivity index (χ4n) is 8.33. The van der Waals surface area contributed by atoms with Crippen LogP contribution in [0.15, 0.2) is 0 Å². The van der Waals surface area contributed by atoms with Gasteiger partial charge >= 0.3 is 5.97 Å². The molecule has 0 aliphatic heterocycles. The molecule has 0 bridgehead atoms. The van der Waals surface area contributed by atoms with Gasteiger partial charge < -0.3 is 4.74 Å². The lowest BCUT2D eigenvalue weighted by atomic mass is 10.0. The van der Waals surface area contributed by atoms with Crippen molar-refractivity contribution in [3.63, 3.8) is 0 Å². The van der Waals surface area contributed by atoms with E-state index < -0.39 is 0 Å². The van der Waals surface area contributed by atoms with Gasteiger partial charge in [0, 0.05) is 6.42 Å². The van der Waals surface area contributed by atoms with E-state index in [0.717, 1.165) is 18.8 Å². The summed E-state index contributed by atoms with van der Waals surface area (Å²) in [5.74, 6) is 0.905. The number of unbranched alkanes of at least 4 members (excludes halogenated alkanes) is 42. The average Bonchev–Trinajstić information content (AvgIpc) is 3.16. The fourth-order valence-corrected chi connectivity index (χ4v) is 8.33.